The average Bonchev–Trinajstić information content (AvgIpc) is 3.11. The Balaban J connectivity index is 1.55. The fourth-order valence-electron chi connectivity index (χ4n) is 3.54. The standard InChI is InChI=1S/C19H20N4O3S/c1-27(25,26)16-9-7-14(8-10-16)19(24)22-11-4-5-15(13-22)18-21-20-17-6-2-3-12-23(17)18/h2-3,6-10,12,15H,4-5,11,13H2,1H3. The van der Waals surface area contributed by atoms with Crippen LogP contribution >= 0.6 is 0 Å². The minimum Gasteiger partial charge on any atom is -0.338 e. The van der Waals surface area contributed by atoms with E-state index in [9.17, 15) is 13.2 Å². The van der Waals surface area contributed by atoms with Crippen LogP contribution in [0.3, 0.4) is 0 Å². The smallest absolute Gasteiger partial charge is 0.253 e. The first-order valence-electron chi connectivity index (χ1n) is 8.82. The van der Waals surface area contributed by atoms with Crippen LogP contribution < -0.4 is 0 Å². The van der Waals surface area contributed by atoms with Crippen molar-refractivity contribution in [3.63, 3.8) is 0 Å². The quantitative estimate of drug-likeness (QED) is 0.691. The fraction of sp³-hybridized carbons (Fsp3) is 0.316. The second kappa shape index (κ2) is 6.77. The van der Waals surface area contributed by atoms with Gasteiger partial charge in [-0.2, -0.15) is 0 Å². The third kappa shape index (κ3) is 3.44. The van der Waals surface area contributed by atoms with Crippen molar-refractivity contribution in [2.24, 2.45) is 0 Å². The van der Waals surface area contributed by atoms with Gasteiger partial charge in [-0.3, -0.25) is 9.20 Å². The molecule has 0 aliphatic carbocycles. The molecule has 0 N–H and O–H groups in total. The minimum atomic E-state index is -3.27. The number of piperidine rings is 1. The molecular weight excluding hydrogens is 364 g/mol. The summed E-state index contributed by atoms with van der Waals surface area (Å²) in [5, 5.41) is 8.54. The topological polar surface area (TPSA) is 84.6 Å². The maximum Gasteiger partial charge on any atom is 0.253 e. The van der Waals surface area contributed by atoms with Crippen molar-refractivity contribution in [1.82, 2.24) is 19.5 Å². The summed E-state index contributed by atoms with van der Waals surface area (Å²) in [6.45, 7) is 1.25. The van der Waals surface area contributed by atoms with Gasteiger partial charge in [-0.25, -0.2) is 8.42 Å². The normalized spacial score (nSPS) is 18.0. The summed E-state index contributed by atoms with van der Waals surface area (Å²) in [4.78, 5) is 14.9. The zero-order chi connectivity index (χ0) is 19.0. The van der Waals surface area contributed by atoms with E-state index in [2.05, 4.69) is 10.2 Å². The van der Waals surface area contributed by atoms with Gasteiger partial charge >= 0.3 is 0 Å². The van der Waals surface area contributed by atoms with Crippen LogP contribution in [0.25, 0.3) is 5.65 Å². The molecule has 8 heteroatoms. The maximum atomic E-state index is 12.9. The summed E-state index contributed by atoms with van der Waals surface area (Å²) >= 11 is 0. The van der Waals surface area contributed by atoms with Gasteiger partial charge in [-0.05, 0) is 49.2 Å². The van der Waals surface area contributed by atoms with Crippen molar-refractivity contribution in [3.8, 4) is 0 Å². The summed E-state index contributed by atoms with van der Waals surface area (Å²) < 4.78 is 25.1. The molecule has 1 saturated heterocycles. The predicted molar refractivity (Wildman–Crippen MR) is 100 cm³/mol. The van der Waals surface area contributed by atoms with Gasteiger partial charge in [0.05, 0.1) is 4.90 Å². The number of hydrogen-bond donors (Lipinski definition) is 0. The highest BCUT2D eigenvalue weighted by Crippen LogP contribution is 2.27. The summed E-state index contributed by atoms with van der Waals surface area (Å²) in [6.07, 6.45) is 4.93. The van der Waals surface area contributed by atoms with Gasteiger partial charge in [-0.1, -0.05) is 6.07 Å². The number of likely N-dealkylation sites (tertiary alicyclic amines) is 1. The number of fused-ring (bicyclic) bond motifs is 1. The van der Waals surface area contributed by atoms with Crippen LogP contribution in [0.4, 0.5) is 0 Å². The first-order valence-corrected chi connectivity index (χ1v) is 10.7. The number of aromatic nitrogens is 3. The number of carbonyl (C=O) groups excluding carboxylic acids is 1. The van der Waals surface area contributed by atoms with Crippen molar-refractivity contribution in [1.29, 1.82) is 0 Å². The van der Waals surface area contributed by atoms with Crippen molar-refractivity contribution in [2.75, 3.05) is 19.3 Å². The summed E-state index contributed by atoms with van der Waals surface area (Å²) in [5.74, 6) is 0.902. The van der Waals surface area contributed by atoms with Crippen molar-refractivity contribution < 1.29 is 13.2 Å². The summed E-state index contributed by atoms with van der Waals surface area (Å²) in [6, 6.07) is 11.9. The summed E-state index contributed by atoms with van der Waals surface area (Å²) in [5.41, 5.74) is 1.29. The SMILES string of the molecule is CS(=O)(=O)c1ccc(C(=O)N2CCCC(c3nnc4ccccn34)C2)cc1. The number of nitrogens with zero attached hydrogens (tertiary/aromatic N) is 4. The lowest BCUT2D eigenvalue weighted by molar-refractivity contribution is 0.0704. The predicted octanol–water partition coefficient (Wildman–Crippen LogP) is 2.15. The first-order chi connectivity index (χ1) is 12.9. The molecule has 2 aromatic heterocycles. The Hall–Kier alpha value is -2.74. The van der Waals surface area contributed by atoms with Gasteiger partial charge in [0, 0.05) is 37.0 Å². The zero-order valence-electron chi connectivity index (χ0n) is 14.9. The molecule has 1 atom stereocenters. The molecule has 0 bridgehead atoms. The first kappa shape index (κ1) is 17.7. The van der Waals surface area contributed by atoms with Gasteiger partial charge in [0.15, 0.2) is 15.5 Å². The molecule has 140 valence electrons. The zero-order valence-corrected chi connectivity index (χ0v) is 15.8. The van der Waals surface area contributed by atoms with Gasteiger partial charge in [-0.15, -0.1) is 10.2 Å². The molecule has 1 fully saturated rings. The van der Waals surface area contributed by atoms with E-state index in [0.717, 1.165) is 30.6 Å². The van der Waals surface area contributed by atoms with Crippen LogP contribution in [0.2, 0.25) is 0 Å². The van der Waals surface area contributed by atoms with Crippen LogP contribution in [-0.4, -0.2) is 53.2 Å². The molecular formula is C19H20N4O3S. The second-order valence-corrected chi connectivity index (χ2v) is 8.89. The third-order valence-corrected chi connectivity index (χ3v) is 6.07. The van der Waals surface area contributed by atoms with E-state index in [0.29, 0.717) is 18.7 Å². The lowest BCUT2D eigenvalue weighted by Crippen LogP contribution is -2.39. The van der Waals surface area contributed by atoms with Crippen LogP contribution in [0.5, 0.6) is 0 Å². The molecule has 27 heavy (non-hydrogen) atoms. The van der Waals surface area contributed by atoms with E-state index in [-0.39, 0.29) is 16.7 Å². The van der Waals surface area contributed by atoms with E-state index >= 15 is 0 Å². The lowest BCUT2D eigenvalue weighted by Gasteiger charge is -2.32. The summed E-state index contributed by atoms with van der Waals surface area (Å²) in [7, 11) is -3.27. The molecule has 0 saturated carbocycles. The Morgan fingerprint density at radius 3 is 2.63 bits per heavy atom. The number of rotatable bonds is 3. The Labute approximate surface area is 157 Å². The Morgan fingerprint density at radius 1 is 1.11 bits per heavy atom. The Morgan fingerprint density at radius 2 is 1.89 bits per heavy atom. The van der Waals surface area contributed by atoms with E-state index in [4.69, 9.17) is 0 Å². The molecule has 1 aliphatic heterocycles. The maximum absolute atomic E-state index is 12.9. The van der Waals surface area contributed by atoms with Gasteiger partial charge in [0.1, 0.15) is 5.82 Å². The van der Waals surface area contributed by atoms with Crippen LogP contribution in [0.15, 0.2) is 53.6 Å². The number of hydrogen-bond acceptors (Lipinski definition) is 5. The molecule has 1 unspecified atom stereocenters. The average molecular weight is 384 g/mol. The highest BCUT2D eigenvalue weighted by Gasteiger charge is 2.28. The van der Waals surface area contributed by atoms with Gasteiger partial charge < -0.3 is 4.90 Å². The van der Waals surface area contributed by atoms with Crippen molar-refractivity contribution >= 4 is 21.4 Å². The van der Waals surface area contributed by atoms with Crippen molar-refractivity contribution in [3.05, 3.63) is 60.0 Å². The molecule has 1 aliphatic rings. The number of carbonyl (C=O) groups is 1. The molecule has 0 radical (unpaired) electrons. The van der Waals surface area contributed by atoms with E-state index in [1.807, 2.05) is 33.7 Å². The van der Waals surface area contributed by atoms with Crippen molar-refractivity contribution in [2.45, 2.75) is 23.7 Å². The Kier molecular flexibility index (Phi) is 4.43. The lowest BCUT2D eigenvalue weighted by atomic mass is 9.96. The monoisotopic (exact) mass is 384 g/mol. The van der Waals surface area contributed by atoms with E-state index in [1.165, 1.54) is 12.1 Å². The molecule has 3 aromatic rings. The Bertz CT molecular complexity index is 1090. The molecule has 3 heterocycles. The number of amides is 1. The van der Waals surface area contributed by atoms with E-state index < -0.39 is 9.84 Å². The van der Waals surface area contributed by atoms with Crippen LogP contribution in [0, 0.1) is 0 Å². The third-order valence-electron chi connectivity index (χ3n) is 4.94. The molecule has 4 rings (SSSR count). The van der Waals surface area contributed by atoms with Gasteiger partial charge in [0.2, 0.25) is 0 Å². The van der Waals surface area contributed by atoms with Gasteiger partial charge in [0.25, 0.3) is 5.91 Å². The van der Waals surface area contributed by atoms with Crippen LogP contribution in [0.1, 0.15) is 34.9 Å². The van der Waals surface area contributed by atoms with Crippen LogP contribution in [-0.2, 0) is 9.84 Å². The number of pyridine rings is 1. The fourth-order valence-corrected chi connectivity index (χ4v) is 4.17. The molecule has 1 amide bonds. The molecule has 0 spiro atoms. The highest BCUT2D eigenvalue weighted by molar-refractivity contribution is 7.90. The molecule has 7 nitrogen and oxygen atoms in total. The van der Waals surface area contributed by atoms with E-state index in [1.54, 1.807) is 12.1 Å². The minimum absolute atomic E-state index is 0.0893. The highest BCUT2D eigenvalue weighted by atomic mass is 32.2. The molecule has 1 aromatic carbocycles. The second-order valence-electron chi connectivity index (χ2n) is 6.87. The number of benzene rings is 1. The largest absolute Gasteiger partial charge is 0.338 e. The number of sulfone groups is 1.